The lowest BCUT2D eigenvalue weighted by molar-refractivity contribution is 0.257. The number of hydrogen-bond acceptors (Lipinski definition) is 2. The summed E-state index contributed by atoms with van der Waals surface area (Å²) in [6.45, 7) is 9.68. The van der Waals surface area contributed by atoms with Gasteiger partial charge in [0.25, 0.3) is 0 Å². The zero-order chi connectivity index (χ0) is 30.8. The maximum atomic E-state index is 6.67. The van der Waals surface area contributed by atoms with Crippen molar-refractivity contribution < 1.29 is 4.74 Å². The normalized spacial score (nSPS) is 22.7. The van der Waals surface area contributed by atoms with Crippen LogP contribution in [-0.4, -0.2) is 0 Å². The second-order valence-corrected chi connectivity index (χ2v) is 14.4. The Balaban J connectivity index is 1.30. The Morgan fingerprint density at radius 1 is 0.578 bits per heavy atom. The van der Waals surface area contributed by atoms with Crippen molar-refractivity contribution in [2.75, 3.05) is 4.90 Å². The first kappa shape index (κ1) is 28.2. The smallest absolute Gasteiger partial charge is 0.131 e. The van der Waals surface area contributed by atoms with Crippen LogP contribution in [0.25, 0.3) is 11.1 Å². The zero-order valence-electron chi connectivity index (χ0n) is 27.0. The van der Waals surface area contributed by atoms with E-state index in [-0.39, 0.29) is 10.8 Å². The topological polar surface area (TPSA) is 12.5 Å². The largest absolute Gasteiger partial charge is 0.457 e. The molecule has 1 aliphatic heterocycles. The standard InChI is InChI=1S/C43H43NO/c1-29-14-8-9-15-30(26-29)43(4)37-20-12-13-21-40(37)45-41-25-23-33(28-39(41)43)44(31-16-6-5-7-17-31)32-22-24-35-34-18-10-11-19-36(34)42(2,3)38(35)27-32/h5-7,10-13,16-25,27-30H,8-9,14-15,26H2,1-4H3/t29-,30+,43+/m0/s1. The number of anilines is 3. The van der Waals surface area contributed by atoms with E-state index in [4.69, 9.17) is 4.74 Å². The van der Waals surface area contributed by atoms with E-state index in [0.717, 1.165) is 23.1 Å². The molecule has 0 bridgehead atoms. The van der Waals surface area contributed by atoms with E-state index in [1.165, 1.54) is 76.9 Å². The summed E-state index contributed by atoms with van der Waals surface area (Å²) in [4.78, 5) is 2.44. The van der Waals surface area contributed by atoms with Gasteiger partial charge in [0.1, 0.15) is 11.5 Å². The number of nitrogens with zero attached hydrogens (tertiary/aromatic N) is 1. The van der Waals surface area contributed by atoms with Crippen LogP contribution in [-0.2, 0) is 10.8 Å². The fourth-order valence-corrected chi connectivity index (χ4v) is 8.82. The van der Waals surface area contributed by atoms with Gasteiger partial charge >= 0.3 is 0 Å². The lowest BCUT2D eigenvalue weighted by atomic mass is 9.62. The summed E-state index contributed by atoms with van der Waals surface area (Å²) in [7, 11) is 0. The Labute approximate surface area is 268 Å². The number of fused-ring (bicyclic) bond motifs is 5. The molecular formula is C43H43NO. The first-order valence-corrected chi connectivity index (χ1v) is 16.9. The number of para-hydroxylation sites is 2. The SMILES string of the molecule is C[C@H]1CCCC[C@@H]([C@]2(C)c3ccccc3Oc3ccc(N(c4ccccc4)c4ccc5c(c4)C(C)(C)c4ccccc4-5)cc32)C1. The van der Waals surface area contributed by atoms with Gasteiger partial charge in [-0.15, -0.1) is 0 Å². The van der Waals surface area contributed by atoms with Crippen LogP contribution in [0, 0.1) is 11.8 Å². The molecule has 1 saturated carbocycles. The minimum atomic E-state index is -0.136. The number of benzene rings is 5. The lowest BCUT2D eigenvalue weighted by Crippen LogP contribution is -2.37. The lowest BCUT2D eigenvalue weighted by Gasteiger charge is -2.44. The molecule has 3 atom stereocenters. The van der Waals surface area contributed by atoms with Gasteiger partial charge in [0.15, 0.2) is 0 Å². The van der Waals surface area contributed by atoms with Crippen molar-refractivity contribution in [3.05, 3.63) is 138 Å². The molecule has 0 aromatic heterocycles. The van der Waals surface area contributed by atoms with Gasteiger partial charge in [-0.1, -0.05) is 114 Å². The maximum Gasteiger partial charge on any atom is 0.131 e. The van der Waals surface area contributed by atoms with Gasteiger partial charge in [-0.05, 0) is 95.5 Å². The molecule has 0 unspecified atom stereocenters. The summed E-state index contributed by atoms with van der Waals surface area (Å²) in [5.41, 5.74) is 11.4. The van der Waals surface area contributed by atoms with E-state index in [2.05, 4.69) is 148 Å². The highest BCUT2D eigenvalue weighted by molar-refractivity contribution is 5.86. The quantitative estimate of drug-likeness (QED) is 0.193. The van der Waals surface area contributed by atoms with E-state index in [0.29, 0.717) is 5.92 Å². The highest BCUT2D eigenvalue weighted by Crippen LogP contribution is 2.56. The molecule has 8 rings (SSSR count). The number of ether oxygens (including phenoxy) is 1. The summed E-state index contributed by atoms with van der Waals surface area (Å²) in [6, 6.07) is 42.5. The fourth-order valence-electron chi connectivity index (χ4n) is 8.82. The summed E-state index contributed by atoms with van der Waals surface area (Å²) < 4.78 is 6.67. The van der Waals surface area contributed by atoms with Crippen LogP contribution < -0.4 is 9.64 Å². The van der Waals surface area contributed by atoms with Crippen LogP contribution in [0.5, 0.6) is 11.5 Å². The second-order valence-electron chi connectivity index (χ2n) is 14.4. The maximum absolute atomic E-state index is 6.67. The van der Waals surface area contributed by atoms with Crippen molar-refractivity contribution in [1.82, 2.24) is 0 Å². The third-order valence-electron chi connectivity index (χ3n) is 11.3. The molecule has 45 heavy (non-hydrogen) atoms. The second kappa shape index (κ2) is 10.7. The van der Waals surface area contributed by atoms with Crippen LogP contribution >= 0.6 is 0 Å². The summed E-state index contributed by atoms with van der Waals surface area (Å²) >= 11 is 0. The highest BCUT2D eigenvalue weighted by atomic mass is 16.5. The number of hydrogen-bond donors (Lipinski definition) is 0. The predicted molar refractivity (Wildman–Crippen MR) is 187 cm³/mol. The summed E-state index contributed by atoms with van der Waals surface area (Å²) in [5, 5.41) is 0. The van der Waals surface area contributed by atoms with Gasteiger partial charge in [0, 0.05) is 39.0 Å². The molecule has 0 amide bonds. The highest BCUT2D eigenvalue weighted by Gasteiger charge is 2.45. The van der Waals surface area contributed by atoms with Crippen molar-refractivity contribution in [2.24, 2.45) is 11.8 Å². The zero-order valence-corrected chi connectivity index (χ0v) is 27.0. The molecule has 226 valence electrons. The van der Waals surface area contributed by atoms with Crippen LogP contribution in [0.2, 0.25) is 0 Å². The van der Waals surface area contributed by atoms with Gasteiger partial charge in [-0.3, -0.25) is 0 Å². The monoisotopic (exact) mass is 589 g/mol. The van der Waals surface area contributed by atoms with Crippen LogP contribution in [0.3, 0.4) is 0 Å². The summed E-state index contributed by atoms with van der Waals surface area (Å²) in [6.07, 6.45) is 6.46. The number of rotatable bonds is 4. The van der Waals surface area contributed by atoms with E-state index in [9.17, 15) is 0 Å². The Hall–Kier alpha value is -4.30. The molecule has 2 heteroatoms. The van der Waals surface area contributed by atoms with Crippen molar-refractivity contribution in [1.29, 1.82) is 0 Å². The van der Waals surface area contributed by atoms with Crippen LogP contribution in [0.15, 0.2) is 115 Å². The third kappa shape index (κ3) is 4.44. The average Bonchev–Trinajstić information content (AvgIpc) is 3.17. The molecule has 2 aliphatic carbocycles. The molecule has 2 nitrogen and oxygen atoms in total. The first-order valence-electron chi connectivity index (χ1n) is 16.9. The molecule has 0 saturated heterocycles. The molecule has 1 fully saturated rings. The molecule has 0 N–H and O–H groups in total. The Morgan fingerprint density at radius 2 is 1.20 bits per heavy atom. The predicted octanol–water partition coefficient (Wildman–Crippen LogP) is 12.1. The van der Waals surface area contributed by atoms with E-state index in [1.54, 1.807) is 0 Å². The Bertz CT molecular complexity index is 1890. The van der Waals surface area contributed by atoms with E-state index >= 15 is 0 Å². The summed E-state index contributed by atoms with van der Waals surface area (Å²) in [5.74, 6) is 3.29. The van der Waals surface area contributed by atoms with Gasteiger partial charge < -0.3 is 9.64 Å². The molecule has 1 heterocycles. The molecule has 5 aromatic rings. The van der Waals surface area contributed by atoms with Gasteiger partial charge in [-0.2, -0.15) is 0 Å². The average molecular weight is 590 g/mol. The van der Waals surface area contributed by atoms with Crippen molar-refractivity contribution >= 4 is 17.1 Å². The molecular weight excluding hydrogens is 546 g/mol. The minimum absolute atomic E-state index is 0.0630. The van der Waals surface area contributed by atoms with Gasteiger partial charge in [0.05, 0.1) is 0 Å². The van der Waals surface area contributed by atoms with E-state index in [1.807, 2.05) is 0 Å². The van der Waals surface area contributed by atoms with Gasteiger partial charge in [-0.25, -0.2) is 0 Å². The molecule has 5 aromatic carbocycles. The molecule has 0 spiro atoms. The van der Waals surface area contributed by atoms with E-state index < -0.39 is 0 Å². The molecule has 3 aliphatic rings. The van der Waals surface area contributed by atoms with Crippen LogP contribution in [0.1, 0.15) is 82.1 Å². The van der Waals surface area contributed by atoms with Gasteiger partial charge in [0.2, 0.25) is 0 Å². The van der Waals surface area contributed by atoms with Crippen LogP contribution in [0.4, 0.5) is 17.1 Å². The Kier molecular flexibility index (Phi) is 6.68. The Morgan fingerprint density at radius 3 is 2.02 bits per heavy atom. The molecule has 0 radical (unpaired) electrons. The van der Waals surface area contributed by atoms with Crippen molar-refractivity contribution in [3.63, 3.8) is 0 Å². The van der Waals surface area contributed by atoms with Crippen molar-refractivity contribution in [2.45, 2.75) is 70.6 Å². The minimum Gasteiger partial charge on any atom is -0.457 e. The first-order chi connectivity index (χ1) is 21.9. The van der Waals surface area contributed by atoms with Crippen molar-refractivity contribution in [3.8, 4) is 22.6 Å². The third-order valence-corrected chi connectivity index (χ3v) is 11.3. The fraction of sp³-hybridized carbons (Fsp3) is 0.302.